The molecule has 0 fully saturated rings. The number of guanidine groups is 1. The van der Waals surface area contributed by atoms with E-state index in [1.165, 1.54) is 9.75 Å². The zero-order valence-electron chi connectivity index (χ0n) is 13.9. The molecule has 0 aromatic carbocycles. The van der Waals surface area contributed by atoms with E-state index in [1.54, 1.807) is 0 Å². The van der Waals surface area contributed by atoms with Crippen LogP contribution in [0.3, 0.4) is 0 Å². The first-order valence-corrected chi connectivity index (χ1v) is 8.81. The largest absolute Gasteiger partial charge is 0.357 e. The maximum atomic E-state index is 4.65. The van der Waals surface area contributed by atoms with Crippen molar-refractivity contribution in [2.45, 2.75) is 40.7 Å². The molecule has 0 saturated heterocycles. The van der Waals surface area contributed by atoms with Crippen LogP contribution >= 0.6 is 11.3 Å². The van der Waals surface area contributed by atoms with E-state index in [1.807, 2.05) is 11.3 Å². The second kappa shape index (κ2) is 10.6. The maximum absolute atomic E-state index is 4.65. The minimum Gasteiger partial charge on any atom is -0.357 e. The van der Waals surface area contributed by atoms with Crippen LogP contribution in [0.25, 0.3) is 0 Å². The predicted molar refractivity (Wildman–Crippen MR) is 94.3 cm³/mol. The monoisotopic (exact) mass is 310 g/mol. The number of aliphatic imine (C=N–C) groups is 1. The molecule has 2 N–H and O–H groups in total. The summed E-state index contributed by atoms with van der Waals surface area (Å²) in [6, 6.07) is 4.31. The summed E-state index contributed by atoms with van der Waals surface area (Å²) in [5, 5.41) is 6.72. The van der Waals surface area contributed by atoms with Crippen molar-refractivity contribution in [1.29, 1.82) is 0 Å². The van der Waals surface area contributed by atoms with Crippen molar-refractivity contribution >= 4 is 17.3 Å². The van der Waals surface area contributed by atoms with Gasteiger partial charge >= 0.3 is 0 Å². The highest BCUT2D eigenvalue weighted by atomic mass is 32.1. The quantitative estimate of drug-likeness (QED) is 0.418. The Kier molecular flexibility index (Phi) is 9.10. The molecule has 0 aliphatic carbocycles. The van der Waals surface area contributed by atoms with E-state index >= 15 is 0 Å². The average molecular weight is 311 g/mol. The van der Waals surface area contributed by atoms with E-state index < -0.39 is 0 Å². The highest BCUT2D eigenvalue weighted by molar-refractivity contribution is 7.11. The van der Waals surface area contributed by atoms with Crippen molar-refractivity contribution in [3.8, 4) is 0 Å². The van der Waals surface area contributed by atoms with Crippen molar-refractivity contribution < 1.29 is 0 Å². The molecule has 0 saturated carbocycles. The summed E-state index contributed by atoms with van der Waals surface area (Å²) >= 11 is 1.82. The van der Waals surface area contributed by atoms with Crippen LogP contribution in [0.2, 0.25) is 0 Å². The van der Waals surface area contributed by atoms with Gasteiger partial charge in [0.1, 0.15) is 0 Å². The molecule has 5 heteroatoms. The van der Waals surface area contributed by atoms with Crippen LogP contribution < -0.4 is 10.6 Å². The Labute approximate surface area is 133 Å². The summed E-state index contributed by atoms with van der Waals surface area (Å²) in [5.74, 6) is 0.920. The van der Waals surface area contributed by atoms with Crippen LogP contribution in [0.4, 0.5) is 0 Å². The van der Waals surface area contributed by atoms with Crippen LogP contribution in [0, 0.1) is 6.92 Å². The predicted octanol–water partition coefficient (Wildman–Crippen LogP) is 2.84. The first-order chi connectivity index (χ1) is 10.2. The van der Waals surface area contributed by atoms with Gasteiger partial charge in [0, 0.05) is 22.8 Å². The molecule has 0 radical (unpaired) electrons. The van der Waals surface area contributed by atoms with Crippen molar-refractivity contribution in [2.75, 3.05) is 32.7 Å². The van der Waals surface area contributed by atoms with E-state index in [2.05, 4.69) is 60.4 Å². The molecule has 1 heterocycles. The summed E-state index contributed by atoms with van der Waals surface area (Å²) in [7, 11) is 0. The third-order valence-electron chi connectivity index (χ3n) is 3.37. The van der Waals surface area contributed by atoms with Gasteiger partial charge in [-0.15, -0.1) is 11.3 Å². The highest BCUT2D eigenvalue weighted by Crippen LogP contribution is 2.15. The molecule has 0 spiro atoms. The lowest BCUT2D eigenvalue weighted by atomic mass is 10.3. The number of hydrogen-bond acceptors (Lipinski definition) is 3. The molecule has 0 atom stereocenters. The van der Waals surface area contributed by atoms with Crippen molar-refractivity contribution in [2.24, 2.45) is 4.99 Å². The van der Waals surface area contributed by atoms with Gasteiger partial charge in [-0.2, -0.15) is 0 Å². The molecular formula is C16H30N4S. The van der Waals surface area contributed by atoms with Crippen LogP contribution in [0.1, 0.15) is 36.9 Å². The summed E-state index contributed by atoms with van der Waals surface area (Å²) in [6.45, 7) is 14.7. The summed E-state index contributed by atoms with van der Waals surface area (Å²) in [6.07, 6.45) is 1.14. The maximum Gasteiger partial charge on any atom is 0.191 e. The van der Waals surface area contributed by atoms with Gasteiger partial charge < -0.3 is 15.5 Å². The van der Waals surface area contributed by atoms with Gasteiger partial charge in [-0.05, 0) is 52.0 Å². The van der Waals surface area contributed by atoms with Crippen molar-refractivity contribution in [3.05, 3.63) is 21.9 Å². The third kappa shape index (κ3) is 7.48. The molecule has 0 aliphatic heterocycles. The fraction of sp³-hybridized carbons (Fsp3) is 0.688. The Morgan fingerprint density at radius 2 is 1.95 bits per heavy atom. The van der Waals surface area contributed by atoms with Crippen LogP contribution in [-0.2, 0) is 6.54 Å². The van der Waals surface area contributed by atoms with Gasteiger partial charge in [0.2, 0.25) is 0 Å². The van der Waals surface area contributed by atoms with Crippen LogP contribution in [-0.4, -0.2) is 43.6 Å². The highest BCUT2D eigenvalue weighted by Gasteiger charge is 2.01. The lowest BCUT2D eigenvalue weighted by Crippen LogP contribution is -2.38. The van der Waals surface area contributed by atoms with Gasteiger partial charge in [-0.1, -0.05) is 13.8 Å². The van der Waals surface area contributed by atoms with Crippen LogP contribution in [0.15, 0.2) is 17.1 Å². The topological polar surface area (TPSA) is 39.7 Å². The molecule has 0 amide bonds. The first-order valence-electron chi connectivity index (χ1n) is 7.99. The number of thiophene rings is 1. The Morgan fingerprint density at radius 3 is 2.52 bits per heavy atom. The lowest BCUT2D eigenvalue weighted by molar-refractivity contribution is 0.300. The number of hydrogen-bond donors (Lipinski definition) is 2. The summed E-state index contributed by atoms with van der Waals surface area (Å²) in [5.41, 5.74) is 0. The number of nitrogens with zero attached hydrogens (tertiary/aromatic N) is 2. The Balaban J connectivity index is 2.35. The van der Waals surface area contributed by atoms with Gasteiger partial charge in [-0.25, -0.2) is 4.99 Å². The molecule has 0 aliphatic rings. The van der Waals surface area contributed by atoms with Gasteiger partial charge in [0.15, 0.2) is 5.96 Å². The smallest absolute Gasteiger partial charge is 0.191 e. The standard InChI is InChI=1S/C16H30N4S/c1-5-17-16(18-11-8-12-20(6-2)7-3)19-13-15-10-9-14(4)21-15/h9-10H,5-8,11-13H2,1-4H3,(H2,17,18,19). The molecule has 1 aromatic heterocycles. The zero-order chi connectivity index (χ0) is 15.5. The van der Waals surface area contributed by atoms with E-state index in [9.17, 15) is 0 Å². The molecule has 21 heavy (non-hydrogen) atoms. The Bertz CT molecular complexity index is 410. The lowest BCUT2D eigenvalue weighted by Gasteiger charge is -2.18. The molecule has 0 unspecified atom stereocenters. The minimum atomic E-state index is 0.754. The number of aryl methyl sites for hydroxylation is 1. The molecule has 1 aromatic rings. The van der Waals surface area contributed by atoms with E-state index in [-0.39, 0.29) is 0 Å². The molecule has 4 nitrogen and oxygen atoms in total. The molecule has 0 bridgehead atoms. The Morgan fingerprint density at radius 1 is 1.19 bits per heavy atom. The van der Waals surface area contributed by atoms with Crippen molar-refractivity contribution in [3.63, 3.8) is 0 Å². The molecular weight excluding hydrogens is 280 g/mol. The van der Waals surface area contributed by atoms with E-state index in [0.29, 0.717) is 0 Å². The van der Waals surface area contributed by atoms with E-state index in [0.717, 1.165) is 51.6 Å². The fourth-order valence-electron chi connectivity index (χ4n) is 2.12. The summed E-state index contributed by atoms with van der Waals surface area (Å²) in [4.78, 5) is 9.75. The van der Waals surface area contributed by atoms with Gasteiger partial charge in [0.05, 0.1) is 6.54 Å². The van der Waals surface area contributed by atoms with Gasteiger partial charge in [-0.3, -0.25) is 0 Å². The van der Waals surface area contributed by atoms with Crippen LogP contribution in [0.5, 0.6) is 0 Å². The van der Waals surface area contributed by atoms with Gasteiger partial charge in [0.25, 0.3) is 0 Å². The normalized spacial score (nSPS) is 12.0. The zero-order valence-corrected chi connectivity index (χ0v) is 14.7. The Hall–Kier alpha value is -1.07. The molecule has 120 valence electrons. The third-order valence-corrected chi connectivity index (χ3v) is 4.36. The second-order valence-corrected chi connectivity index (χ2v) is 6.39. The number of nitrogens with one attached hydrogen (secondary N) is 2. The molecule has 1 rings (SSSR count). The first kappa shape index (κ1) is 18.0. The van der Waals surface area contributed by atoms with Crippen molar-refractivity contribution in [1.82, 2.24) is 15.5 Å². The number of rotatable bonds is 9. The SMILES string of the molecule is CCNC(=NCc1ccc(C)s1)NCCCN(CC)CC. The summed E-state index contributed by atoms with van der Waals surface area (Å²) < 4.78 is 0. The second-order valence-electron chi connectivity index (χ2n) is 5.01. The minimum absolute atomic E-state index is 0.754. The van der Waals surface area contributed by atoms with E-state index in [4.69, 9.17) is 0 Å². The fourth-order valence-corrected chi connectivity index (χ4v) is 2.93. The average Bonchev–Trinajstić information content (AvgIpc) is 2.90.